The molecular weight excluding hydrogens is 279 g/mol. The molecule has 0 amide bonds. The lowest BCUT2D eigenvalue weighted by Crippen LogP contribution is -2.16. The molecule has 0 saturated carbocycles. The van der Waals surface area contributed by atoms with Crippen molar-refractivity contribution >= 4 is 21.6 Å². The number of benzene rings is 1. The molecule has 0 radical (unpaired) electrons. The van der Waals surface area contributed by atoms with E-state index in [1.807, 2.05) is 0 Å². The van der Waals surface area contributed by atoms with Gasteiger partial charge in [0, 0.05) is 9.38 Å². The smallest absolute Gasteiger partial charge is 0.406 e. The van der Waals surface area contributed by atoms with Crippen LogP contribution in [0, 0.1) is 0 Å². The molecule has 0 aliphatic rings. The second kappa shape index (κ2) is 4.41. The standard InChI is InChI=1S/C7H3BrF3N3O/c8-5-3-4(15-7(9,10)11)1-2-6(5)13-14-12/h1-3H. The van der Waals surface area contributed by atoms with E-state index in [2.05, 4.69) is 30.7 Å². The van der Waals surface area contributed by atoms with Gasteiger partial charge < -0.3 is 4.74 Å². The minimum atomic E-state index is -4.74. The first-order valence-electron chi connectivity index (χ1n) is 3.53. The fourth-order valence-electron chi connectivity index (χ4n) is 0.814. The summed E-state index contributed by atoms with van der Waals surface area (Å²) in [6.07, 6.45) is -4.74. The molecule has 80 valence electrons. The monoisotopic (exact) mass is 281 g/mol. The number of halogens is 4. The Bertz CT molecular complexity index is 414. The van der Waals surface area contributed by atoms with Crippen LogP contribution in [0.2, 0.25) is 0 Å². The quantitative estimate of drug-likeness (QED) is 0.453. The maximum absolute atomic E-state index is 11.8. The Morgan fingerprint density at radius 3 is 2.53 bits per heavy atom. The summed E-state index contributed by atoms with van der Waals surface area (Å²) in [5.74, 6) is -0.383. The maximum atomic E-state index is 11.8. The molecule has 0 aliphatic carbocycles. The third-order valence-corrected chi connectivity index (χ3v) is 1.94. The van der Waals surface area contributed by atoms with Crippen molar-refractivity contribution in [1.29, 1.82) is 0 Å². The highest BCUT2D eigenvalue weighted by Gasteiger charge is 2.31. The zero-order valence-corrected chi connectivity index (χ0v) is 8.58. The summed E-state index contributed by atoms with van der Waals surface area (Å²) < 4.78 is 39.3. The van der Waals surface area contributed by atoms with Crippen molar-refractivity contribution in [2.24, 2.45) is 5.11 Å². The Morgan fingerprint density at radius 2 is 2.07 bits per heavy atom. The van der Waals surface area contributed by atoms with Crippen molar-refractivity contribution in [3.8, 4) is 5.75 Å². The van der Waals surface area contributed by atoms with Crippen LogP contribution in [0.15, 0.2) is 27.8 Å². The highest BCUT2D eigenvalue weighted by molar-refractivity contribution is 9.10. The van der Waals surface area contributed by atoms with Crippen LogP contribution >= 0.6 is 15.9 Å². The van der Waals surface area contributed by atoms with E-state index in [0.717, 1.165) is 12.1 Å². The molecule has 0 bridgehead atoms. The molecule has 0 N–H and O–H groups in total. The average molecular weight is 282 g/mol. The van der Waals surface area contributed by atoms with Gasteiger partial charge in [-0.1, -0.05) is 21.0 Å². The summed E-state index contributed by atoms with van der Waals surface area (Å²) >= 11 is 2.94. The molecule has 8 heteroatoms. The Hall–Kier alpha value is -1.40. The first kappa shape index (κ1) is 11.7. The van der Waals surface area contributed by atoms with Crippen molar-refractivity contribution in [3.63, 3.8) is 0 Å². The molecule has 0 atom stereocenters. The Labute approximate surface area is 90.4 Å². The van der Waals surface area contributed by atoms with Crippen molar-refractivity contribution in [1.82, 2.24) is 0 Å². The fourth-order valence-corrected chi connectivity index (χ4v) is 1.25. The third kappa shape index (κ3) is 3.69. The summed E-state index contributed by atoms with van der Waals surface area (Å²) in [6.45, 7) is 0. The minimum Gasteiger partial charge on any atom is -0.406 e. The van der Waals surface area contributed by atoms with Crippen molar-refractivity contribution < 1.29 is 17.9 Å². The average Bonchev–Trinajstić information content (AvgIpc) is 2.07. The lowest BCUT2D eigenvalue weighted by molar-refractivity contribution is -0.274. The van der Waals surface area contributed by atoms with Crippen LogP contribution in [-0.4, -0.2) is 6.36 Å². The Morgan fingerprint density at radius 1 is 1.40 bits per heavy atom. The number of hydrogen-bond donors (Lipinski definition) is 0. The molecule has 0 fully saturated rings. The molecule has 0 unspecified atom stereocenters. The largest absolute Gasteiger partial charge is 0.573 e. The van der Waals surface area contributed by atoms with E-state index in [9.17, 15) is 13.2 Å². The predicted octanol–water partition coefficient (Wildman–Crippen LogP) is 4.29. The van der Waals surface area contributed by atoms with E-state index >= 15 is 0 Å². The van der Waals surface area contributed by atoms with Crippen LogP contribution in [0.4, 0.5) is 18.9 Å². The van der Waals surface area contributed by atoms with Gasteiger partial charge >= 0.3 is 6.36 Å². The minimum absolute atomic E-state index is 0.187. The van der Waals surface area contributed by atoms with E-state index in [-0.39, 0.29) is 15.9 Å². The topological polar surface area (TPSA) is 58.0 Å². The molecule has 0 aliphatic heterocycles. The van der Waals surface area contributed by atoms with Gasteiger partial charge in [0.05, 0.1) is 5.69 Å². The van der Waals surface area contributed by atoms with Crippen LogP contribution < -0.4 is 4.74 Å². The molecule has 1 aromatic rings. The zero-order valence-electron chi connectivity index (χ0n) is 6.99. The number of alkyl halides is 3. The molecule has 1 rings (SSSR count). The first-order valence-corrected chi connectivity index (χ1v) is 4.32. The van der Waals surface area contributed by atoms with Gasteiger partial charge in [0.15, 0.2) is 0 Å². The zero-order chi connectivity index (χ0) is 11.5. The summed E-state index contributed by atoms with van der Waals surface area (Å²) in [7, 11) is 0. The fraction of sp³-hybridized carbons (Fsp3) is 0.143. The van der Waals surface area contributed by atoms with E-state index in [1.54, 1.807) is 0 Å². The SMILES string of the molecule is [N-]=[N+]=Nc1ccc(OC(F)(F)F)cc1Br. The van der Waals surface area contributed by atoms with Crippen molar-refractivity contribution in [3.05, 3.63) is 33.1 Å². The van der Waals surface area contributed by atoms with Crippen LogP contribution in [0.5, 0.6) is 5.75 Å². The van der Waals surface area contributed by atoms with Gasteiger partial charge in [0.25, 0.3) is 0 Å². The van der Waals surface area contributed by atoms with E-state index < -0.39 is 6.36 Å². The van der Waals surface area contributed by atoms with Crippen LogP contribution in [0.25, 0.3) is 10.4 Å². The molecule has 1 aromatic carbocycles. The molecule has 0 heterocycles. The molecule has 4 nitrogen and oxygen atoms in total. The van der Waals surface area contributed by atoms with Gasteiger partial charge in [-0.05, 0) is 23.7 Å². The summed E-state index contributed by atoms with van der Waals surface area (Å²) in [5.41, 5.74) is 8.31. The maximum Gasteiger partial charge on any atom is 0.573 e. The van der Waals surface area contributed by atoms with Crippen LogP contribution in [0.1, 0.15) is 0 Å². The lowest BCUT2D eigenvalue weighted by Gasteiger charge is -2.09. The third-order valence-electron chi connectivity index (χ3n) is 1.31. The van der Waals surface area contributed by atoms with Gasteiger partial charge in [0.2, 0.25) is 0 Å². The van der Waals surface area contributed by atoms with Gasteiger partial charge in [0.1, 0.15) is 5.75 Å². The molecule has 0 saturated heterocycles. The second-order valence-corrected chi connectivity index (χ2v) is 3.20. The van der Waals surface area contributed by atoms with Gasteiger partial charge in [-0.25, -0.2) is 0 Å². The van der Waals surface area contributed by atoms with E-state index in [1.165, 1.54) is 6.07 Å². The van der Waals surface area contributed by atoms with E-state index in [0.29, 0.717) is 0 Å². The summed E-state index contributed by atoms with van der Waals surface area (Å²) in [6, 6.07) is 3.34. The van der Waals surface area contributed by atoms with Gasteiger partial charge in [-0.2, -0.15) is 0 Å². The Balaban J connectivity index is 2.96. The predicted molar refractivity (Wildman–Crippen MR) is 49.6 cm³/mol. The van der Waals surface area contributed by atoms with Crippen molar-refractivity contribution in [2.75, 3.05) is 0 Å². The molecule has 0 spiro atoms. The number of nitrogens with zero attached hydrogens (tertiary/aromatic N) is 3. The summed E-state index contributed by atoms with van der Waals surface area (Å²) in [4.78, 5) is 2.50. The second-order valence-electron chi connectivity index (χ2n) is 2.35. The molecule has 15 heavy (non-hydrogen) atoms. The number of hydrogen-bond acceptors (Lipinski definition) is 2. The van der Waals surface area contributed by atoms with E-state index in [4.69, 9.17) is 5.53 Å². The number of azide groups is 1. The highest BCUT2D eigenvalue weighted by Crippen LogP contribution is 2.32. The van der Waals surface area contributed by atoms with Gasteiger partial charge in [-0.3, -0.25) is 0 Å². The van der Waals surface area contributed by atoms with Gasteiger partial charge in [-0.15, -0.1) is 13.2 Å². The number of rotatable bonds is 2. The first-order chi connectivity index (χ1) is 6.92. The normalized spacial score (nSPS) is 10.7. The molecular formula is C7H3BrF3N3O. The lowest BCUT2D eigenvalue weighted by atomic mass is 10.3. The summed E-state index contributed by atoms with van der Waals surface area (Å²) in [5, 5.41) is 3.24. The Kier molecular flexibility index (Phi) is 3.43. The van der Waals surface area contributed by atoms with Crippen LogP contribution in [-0.2, 0) is 0 Å². The highest BCUT2D eigenvalue weighted by atomic mass is 79.9. The van der Waals surface area contributed by atoms with Crippen LogP contribution in [0.3, 0.4) is 0 Å². The number of ether oxygens (including phenoxy) is 1. The van der Waals surface area contributed by atoms with Crippen molar-refractivity contribution in [2.45, 2.75) is 6.36 Å². The molecule has 0 aromatic heterocycles.